The minimum absolute atomic E-state index is 0.166. The van der Waals surface area contributed by atoms with Crippen molar-refractivity contribution in [2.24, 2.45) is 5.92 Å². The Balaban J connectivity index is 2.18. The number of hydrogen-bond donors (Lipinski definition) is 0. The molecule has 1 amide bonds. The molecule has 2 nitrogen and oxygen atoms in total. The molecule has 98 valence electrons. The van der Waals surface area contributed by atoms with Gasteiger partial charge >= 0.3 is 0 Å². The molecular formula is C14H17BrFNO. The summed E-state index contributed by atoms with van der Waals surface area (Å²) in [6.07, 6.45) is 3.15. The van der Waals surface area contributed by atoms with Gasteiger partial charge in [-0.1, -0.05) is 13.0 Å². The van der Waals surface area contributed by atoms with Gasteiger partial charge in [-0.2, -0.15) is 0 Å². The van der Waals surface area contributed by atoms with Crippen LogP contribution in [0.3, 0.4) is 0 Å². The molecule has 0 bridgehead atoms. The Labute approximate surface area is 115 Å². The molecule has 0 spiro atoms. The largest absolute Gasteiger partial charge is 0.339 e. The minimum atomic E-state index is -0.459. The van der Waals surface area contributed by atoms with Crippen molar-refractivity contribution in [3.63, 3.8) is 0 Å². The van der Waals surface area contributed by atoms with E-state index in [9.17, 15) is 9.18 Å². The van der Waals surface area contributed by atoms with E-state index in [1.54, 1.807) is 23.1 Å². The lowest BCUT2D eigenvalue weighted by Crippen LogP contribution is -2.32. The standard InChI is InChI=1S/C14H17BrFNO/c1-10-4-3-8-17(9-7-10)14(18)11-5-2-6-12(15)13(11)16/h2,5-6,10H,3-4,7-9H2,1H3. The van der Waals surface area contributed by atoms with Crippen molar-refractivity contribution in [1.29, 1.82) is 0 Å². The molecule has 1 aliphatic rings. The van der Waals surface area contributed by atoms with Gasteiger partial charge in [0, 0.05) is 13.1 Å². The highest BCUT2D eigenvalue weighted by atomic mass is 79.9. The minimum Gasteiger partial charge on any atom is -0.339 e. The maximum Gasteiger partial charge on any atom is 0.256 e. The molecule has 1 saturated heterocycles. The van der Waals surface area contributed by atoms with Crippen LogP contribution in [0.25, 0.3) is 0 Å². The third-order valence-electron chi connectivity index (χ3n) is 3.49. The van der Waals surface area contributed by atoms with Crippen molar-refractivity contribution in [1.82, 2.24) is 4.90 Å². The van der Waals surface area contributed by atoms with Crippen molar-refractivity contribution in [3.8, 4) is 0 Å². The van der Waals surface area contributed by atoms with E-state index in [0.717, 1.165) is 32.4 Å². The first-order chi connectivity index (χ1) is 8.59. The Morgan fingerprint density at radius 1 is 1.39 bits per heavy atom. The fraction of sp³-hybridized carbons (Fsp3) is 0.500. The first-order valence-corrected chi connectivity index (χ1v) is 7.12. The van der Waals surface area contributed by atoms with E-state index in [0.29, 0.717) is 10.4 Å². The highest BCUT2D eigenvalue weighted by molar-refractivity contribution is 9.10. The lowest BCUT2D eigenvalue weighted by atomic mass is 10.0. The van der Waals surface area contributed by atoms with Crippen LogP contribution in [-0.4, -0.2) is 23.9 Å². The number of likely N-dealkylation sites (tertiary alicyclic amines) is 1. The number of halogens is 2. The van der Waals surface area contributed by atoms with Gasteiger partial charge in [0.25, 0.3) is 5.91 Å². The van der Waals surface area contributed by atoms with Crippen LogP contribution in [0.1, 0.15) is 36.5 Å². The summed E-state index contributed by atoms with van der Waals surface area (Å²) >= 11 is 3.12. The summed E-state index contributed by atoms with van der Waals surface area (Å²) in [5.74, 6) is -0.00199. The van der Waals surface area contributed by atoms with E-state index in [1.807, 2.05) is 0 Å². The van der Waals surface area contributed by atoms with Crippen LogP contribution in [0.15, 0.2) is 22.7 Å². The van der Waals surface area contributed by atoms with Crippen molar-refractivity contribution >= 4 is 21.8 Å². The zero-order valence-corrected chi connectivity index (χ0v) is 12.0. The molecule has 1 atom stereocenters. The molecule has 1 aromatic carbocycles. The van der Waals surface area contributed by atoms with Gasteiger partial charge in [-0.05, 0) is 53.2 Å². The Morgan fingerprint density at radius 2 is 2.17 bits per heavy atom. The van der Waals surface area contributed by atoms with E-state index in [1.165, 1.54) is 0 Å². The second kappa shape index (κ2) is 5.83. The molecule has 1 aromatic rings. The smallest absolute Gasteiger partial charge is 0.256 e. The summed E-state index contributed by atoms with van der Waals surface area (Å²) in [5.41, 5.74) is 0.166. The number of carbonyl (C=O) groups is 1. The molecule has 1 fully saturated rings. The van der Waals surface area contributed by atoms with Crippen molar-refractivity contribution < 1.29 is 9.18 Å². The van der Waals surface area contributed by atoms with E-state index < -0.39 is 5.82 Å². The summed E-state index contributed by atoms with van der Waals surface area (Å²) < 4.78 is 14.2. The number of hydrogen-bond acceptors (Lipinski definition) is 1. The van der Waals surface area contributed by atoms with E-state index >= 15 is 0 Å². The molecule has 1 aliphatic heterocycles. The van der Waals surface area contributed by atoms with Gasteiger partial charge in [-0.3, -0.25) is 4.79 Å². The Kier molecular flexibility index (Phi) is 4.38. The fourth-order valence-corrected chi connectivity index (χ4v) is 2.67. The highest BCUT2D eigenvalue weighted by Crippen LogP contribution is 2.22. The average molecular weight is 314 g/mol. The normalized spacial score (nSPS) is 20.6. The molecule has 2 rings (SSSR count). The first-order valence-electron chi connectivity index (χ1n) is 6.33. The van der Waals surface area contributed by atoms with Gasteiger partial charge in [0.2, 0.25) is 0 Å². The van der Waals surface area contributed by atoms with Crippen LogP contribution in [0, 0.1) is 11.7 Å². The second-order valence-electron chi connectivity index (χ2n) is 4.93. The lowest BCUT2D eigenvalue weighted by Gasteiger charge is -2.21. The van der Waals surface area contributed by atoms with Crippen molar-refractivity contribution in [2.75, 3.05) is 13.1 Å². The van der Waals surface area contributed by atoms with Crippen LogP contribution in [-0.2, 0) is 0 Å². The number of rotatable bonds is 1. The van der Waals surface area contributed by atoms with Gasteiger partial charge in [-0.15, -0.1) is 0 Å². The summed E-state index contributed by atoms with van der Waals surface area (Å²) in [6.45, 7) is 3.66. The predicted octanol–water partition coefficient (Wildman–Crippen LogP) is 3.85. The zero-order chi connectivity index (χ0) is 13.1. The van der Waals surface area contributed by atoms with Gasteiger partial charge in [0.15, 0.2) is 0 Å². The Bertz CT molecular complexity index is 449. The molecule has 0 aromatic heterocycles. The van der Waals surface area contributed by atoms with Gasteiger partial charge in [0.1, 0.15) is 5.82 Å². The number of carbonyl (C=O) groups excluding carboxylic acids is 1. The van der Waals surface area contributed by atoms with Crippen LogP contribution < -0.4 is 0 Å². The van der Waals surface area contributed by atoms with Gasteiger partial charge < -0.3 is 4.90 Å². The predicted molar refractivity (Wildman–Crippen MR) is 73.0 cm³/mol. The third kappa shape index (κ3) is 2.91. The number of amides is 1. The second-order valence-corrected chi connectivity index (χ2v) is 5.78. The van der Waals surface area contributed by atoms with E-state index in [2.05, 4.69) is 22.9 Å². The maximum absolute atomic E-state index is 13.9. The first kappa shape index (κ1) is 13.5. The molecule has 0 saturated carbocycles. The molecular weight excluding hydrogens is 297 g/mol. The van der Waals surface area contributed by atoms with Gasteiger partial charge in [-0.25, -0.2) is 4.39 Å². The number of nitrogens with zero attached hydrogens (tertiary/aromatic N) is 1. The average Bonchev–Trinajstić information content (AvgIpc) is 2.57. The van der Waals surface area contributed by atoms with Crippen molar-refractivity contribution in [3.05, 3.63) is 34.1 Å². The summed E-state index contributed by atoms with van der Waals surface area (Å²) in [6, 6.07) is 4.86. The van der Waals surface area contributed by atoms with Crippen LogP contribution >= 0.6 is 15.9 Å². The molecule has 18 heavy (non-hydrogen) atoms. The van der Waals surface area contributed by atoms with E-state index in [-0.39, 0.29) is 11.5 Å². The van der Waals surface area contributed by atoms with Crippen LogP contribution in [0.5, 0.6) is 0 Å². The summed E-state index contributed by atoms with van der Waals surface area (Å²) in [4.78, 5) is 14.1. The molecule has 1 unspecified atom stereocenters. The van der Waals surface area contributed by atoms with Crippen LogP contribution in [0.2, 0.25) is 0 Å². The monoisotopic (exact) mass is 313 g/mol. The van der Waals surface area contributed by atoms with Gasteiger partial charge in [0.05, 0.1) is 10.0 Å². The highest BCUT2D eigenvalue weighted by Gasteiger charge is 2.22. The summed E-state index contributed by atoms with van der Waals surface area (Å²) in [5, 5.41) is 0. The van der Waals surface area contributed by atoms with E-state index in [4.69, 9.17) is 0 Å². The number of benzene rings is 1. The lowest BCUT2D eigenvalue weighted by molar-refractivity contribution is 0.0755. The van der Waals surface area contributed by atoms with Crippen molar-refractivity contribution in [2.45, 2.75) is 26.2 Å². The molecule has 0 N–H and O–H groups in total. The topological polar surface area (TPSA) is 20.3 Å². The molecule has 4 heteroatoms. The zero-order valence-electron chi connectivity index (χ0n) is 10.5. The molecule has 1 heterocycles. The Hall–Kier alpha value is -0.900. The Morgan fingerprint density at radius 3 is 2.94 bits per heavy atom. The molecule has 0 radical (unpaired) electrons. The summed E-state index contributed by atoms with van der Waals surface area (Å²) in [7, 11) is 0. The third-order valence-corrected chi connectivity index (χ3v) is 4.10. The maximum atomic E-state index is 13.9. The fourth-order valence-electron chi connectivity index (χ4n) is 2.31. The quantitative estimate of drug-likeness (QED) is 0.771. The molecule has 0 aliphatic carbocycles. The SMILES string of the molecule is CC1CCCN(C(=O)c2cccc(Br)c2F)CC1. The van der Waals surface area contributed by atoms with Crippen LogP contribution in [0.4, 0.5) is 4.39 Å².